The minimum absolute atomic E-state index is 0.363. The number of hydrogen-bond donors (Lipinski definition) is 1. The largest absolute Gasteiger partial charge is 0.377 e. The van der Waals surface area contributed by atoms with E-state index in [0.29, 0.717) is 12.0 Å². The van der Waals surface area contributed by atoms with Crippen LogP contribution in [0.2, 0.25) is 0 Å². The van der Waals surface area contributed by atoms with Gasteiger partial charge in [-0.25, -0.2) is 4.98 Å². The molecule has 1 aromatic rings. The highest BCUT2D eigenvalue weighted by molar-refractivity contribution is 5.38. The molecule has 106 valence electrons. The predicted molar refractivity (Wildman–Crippen MR) is 76.2 cm³/mol. The minimum Gasteiger partial charge on any atom is -0.377 e. The number of anilines is 1. The average Bonchev–Trinajstić information content (AvgIpc) is 2.39. The number of aromatic nitrogens is 2. The van der Waals surface area contributed by atoms with E-state index in [2.05, 4.69) is 41.0 Å². The summed E-state index contributed by atoms with van der Waals surface area (Å²) in [5.74, 6) is 1.61. The lowest BCUT2D eigenvalue weighted by molar-refractivity contribution is 0.0985. The molecule has 2 rings (SSSR count). The van der Waals surface area contributed by atoms with Gasteiger partial charge >= 0.3 is 0 Å². The average molecular weight is 264 g/mol. The molecule has 0 aromatic carbocycles. The van der Waals surface area contributed by atoms with Crippen molar-refractivity contribution in [3.8, 4) is 0 Å². The Labute approximate surface area is 115 Å². The Morgan fingerprint density at radius 2 is 2.32 bits per heavy atom. The lowest BCUT2D eigenvalue weighted by Gasteiger charge is -2.34. The Bertz CT molecular complexity index is 397. The lowest BCUT2D eigenvalue weighted by Crippen LogP contribution is -2.44. The summed E-state index contributed by atoms with van der Waals surface area (Å²) in [6.07, 6.45) is 3.68. The first-order chi connectivity index (χ1) is 9.16. The lowest BCUT2D eigenvalue weighted by atomic mass is 10.2. The Hall–Kier alpha value is -1.20. The van der Waals surface area contributed by atoms with Gasteiger partial charge in [0.1, 0.15) is 5.82 Å². The van der Waals surface area contributed by atoms with Gasteiger partial charge in [0.2, 0.25) is 0 Å². The number of nitrogens with zero attached hydrogens (tertiary/aromatic N) is 3. The van der Waals surface area contributed by atoms with Gasteiger partial charge in [-0.15, -0.1) is 0 Å². The van der Waals surface area contributed by atoms with E-state index < -0.39 is 0 Å². The number of nitrogens with one attached hydrogen (secondary N) is 1. The van der Waals surface area contributed by atoms with Gasteiger partial charge in [-0.2, -0.15) is 0 Å². The Morgan fingerprint density at radius 1 is 1.47 bits per heavy atom. The van der Waals surface area contributed by atoms with E-state index in [4.69, 9.17) is 4.74 Å². The summed E-state index contributed by atoms with van der Waals surface area (Å²) in [4.78, 5) is 11.3. The molecule has 1 fully saturated rings. The van der Waals surface area contributed by atoms with Gasteiger partial charge in [-0.3, -0.25) is 4.98 Å². The van der Waals surface area contributed by atoms with E-state index in [9.17, 15) is 0 Å². The molecule has 5 nitrogen and oxygen atoms in total. The minimum atomic E-state index is 0.363. The third-order valence-corrected chi connectivity index (χ3v) is 3.19. The van der Waals surface area contributed by atoms with Crippen LogP contribution < -0.4 is 10.2 Å². The summed E-state index contributed by atoms with van der Waals surface area (Å²) in [7, 11) is 0. The van der Waals surface area contributed by atoms with Crippen LogP contribution >= 0.6 is 0 Å². The van der Waals surface area contributed by atoms with E-state index in [-0.39, 0.29) is 0 Å². The molecule has 1 atom stereocenters. The van der Waals surface area contributed by atoms with Crippen LogP contribution in [0, 0.1) is 5.92 Å². The second-order valence-corrected chi connectivity index (χ2v) is 5.51. The summed E-state index contributed by atoms with van der Waals surface area (Å²) in [6.45, 7) is 10.7. The smallest absolute Gasteiger partial charge is 0.147 e. The van der Waals surface area contributed by atoms with Crippen LogP contribution in [0.1, 0.15) is 26.5 Å². The monoisotopic (exact) mass is 264 g/mol. The van der Waals surface area contributed by atoms with E-state index in [1.807, 2.05) is 12.4 Å². The molecule has 0 radical (unpaired) electrons. The molecule has 0 bridgehead atoms. The molecule has 0 spiro atoms. The van der Waals surface area contributed by atoms with E-state index >= 15 is 0 Å². The maximum Gasteiger partial charge on any atom is 0.147 e. The third-order valence-electron chi connectivity index (χ3n) is 3.19. The summed E-state index contributed by atoms with van der Waals surface area (Å²) in [5, 5.41) is 3.40. The van der Waals surface area contributed by atoms with Crippen molar-refractivity contribution in [2.24, 2.45) is 5.92 Å². The molecule has 1 aliphatic rings. The molecule has 1 N–H and O–H groups in total. The highest BCUT2D eigenvalue weighted by Crippen LogP contribution is 2.16. The third kappa shape index (κ3) is 4.14. The first kappa shape index (κ1) is 14.2. The fraction of sp³-hybridized carbons (Fsp3) is 0.714. The summed E-state index contributed by atoms with van der Waals surface area (Å²) < 4.78 is 5.45. The van der Waals surface area contributed by atoms with Crippen LogP contribution in [0.15, 0.2) is 12.4 Å². The molecule has 1 saturated heterocycles. The normalized spacial score (nSPS) is 20.0. The number of ether oxygens (including phenoxy) is 1. The fourth-order valence-corrected chi connectivity index (χ4v) is 2.17. The number of hydrogen-bond acceptors (Lipinski definition) is 5. The topological polar surface area (TPSA) is 50.3 Å². The van der Waals surface area contributed by atoms with Crippen molar-refractivity contribution in [1.82, 2.24) is 15.3 Å². The van der Waals surface area contributed by atoms with Gasteiger partial charge in [-0.05, 0) is 19.4 Å². The standard InChI is InChI=1S/C14H24N4O/c1-11(2)6-15-7-13-8-16-9-14(17-13)18-4-5-19-10-12(18)3/h8-9,11-12,15H,4-7,10H2,1-3H3. The van der Waals surface area contributed by atoms with Crippen LogP contribution in [-0.4, -0.2) is 42.3 Å². The van der Waals surface area contributed by atoms with Crippen molar-refractivity contribution in [2.75, 3.05) is 31.2 Å². The van der Waals surface area contributed by atoms with E-state index in [0.717, 1.165) is 44.4 Å². The van der Waals surface area contributed by atoms with Crippen LogP contribution in [-0.2, 0) is 11.3 Å². The van der Waals surface area contributed by atoms with Gasteiger partial charge in [-0.1, -0.05) is 13.8 Å². The molecule has 0 saturated carbocycles. The SMILES string of the molecule is CC(C)CNCc1cncc(N2CCOCC2C)n1. The molecule has 0 amide bonds. The van der Waals surface area contributed by atoms with Gasteiger partial charge in [0, 0.05) is 19.3 Å². The summed E-state index contributed by atoms with van der Waals surface area (Å²) in [6, 6.07) is 0.363. The van der Waals surface area contributed by atoms with Crippen LogP contribution in [0.4, 0.5) is 5.82 Å². The zero-order chi connectivity index (χ0) is 13.7. The number of morpholine rings is 1. The molecular formula is C14H24N4O. The molecule has 5 heteroatoms. The molecule has 1 aromatic heterocycles. The van der Waals surface area contributed by atoms with Crippen molar-refractivity contribution < 1.29 is 4.74 Å². The Kier molecular flexibility index (Phi) is 5.10. The molecule has 19 heavy (non-hydrogen) atoms. The van der Waals surface area contributed by atoms with E-state index in [1.54, 1.807) is 0 Å². The summed E-state index contributed by atoms with van der Waals surface area (Å²) in [5.41, 5.74) is 0.997. The quantitative estimate of drug-likeness (QED) is 0.872. The van der Waals surface area contributed by atoms with Gasteiger partial charge in [0.25, 0.3) is 0 Å². The maximum atomic E-state index is 5.45. The highest BCUT2D eigenvalue weighted by Gasteiger charge is 2.20. The van der Waals surface area contributed by atoms with E-state index in [1.165, 1.54) is 0 Å². The molecule has 1 unspecified atom stereocenters. The molecule has 1 aliphatic heterocycles. The van der Waals surface area contributed by atoms with Gasteiger partial charge in [0.15, 0.2) is 0 Å². The van der Waals surface area contributed by atoms with Crippen LogP contribution in [0.5, 0.6) is 0 Å². The van der Waals surface area contributed by atoms with Crippen LogP contribution in [0.25, 0.3) is 0 Å². The zero-order valence-corrected chi connectivity index (χ0v) is 12.1. The first-order valence-corrected chi connectivity index (χ1v) is 7.03. The van der Waals surface area contributed by atoms with Gasteiger partial charge < -0.3 is 15.0 Å². The zero-order valence-electron chi connectivity index (χ0n) is 12.1. The van der Waals surface area contributed by atoms with Crippen LogP contribution in [0.3, 0.4) is 0 Å². The Balaban J connectivity index is 1.98. The van der Waals surface area contributed by atoms with Gasteiger partial charge in [0.05, 0.1) is 31.1 Å². The number of rotatable bonds is 5. The van der Waals surface area contributed by atoms with Crippen molar-refractivity contribution in [2.45, 2.75) is 33.4 Å². The predicted octanol–water partition coefficient (Wildman–Crippen LogP) is 1.45. The van der Waals surface area contributed by atoms with Crippen molar-refractivity contribution in [3.63, 3.8) is 0 Å². The molecule has 0 aliphatic carbocycles. The maximum absolute atomic E-state index is 5.45. The molecular weight excluding hydrogens is 240 g/mol. The second kappa shape index (κ2) is 6.82. The Morgan fingerprint density at radius 3 is 3.05 bits per heavy atom. The second-order valence-electron chi connectivity index (χ2n) is 5.51. The fourth-order valence-electron chi connectivity index (χ4n) is 2.17. The van der Waals surface area contributed by atoms with Crippen molar-refractivity contribution in [1.29, 1.82) is 0 Å². The van der Waals surface area contributed by atoms with Crippen molar-refractivity contribution in [3.05, 3.63) is 18.1 Å². The first-order valence-electron chi connectivity index (χ1n) is 7.03. The highest BCUT2D eigenvalue weighted by atomic mass is 16.5. The summed E-state index contributed by atoms with van der Waals surface area (Å²) >= 11 is 0. The molecule has 2 heterocycles. The van der Waals surface area contributed by atoms with Crippen molar-refractivity contribution >= 4 is 5.82 Å².